The van der Waals surface area contributed by atoms with Gasteiger partial charge in [-0.15, -0.1) is 0 Å². The molecule has 0 aromatic heterocycles. The van der Waals surface area contributed by atoms with Gasteiger partial charge in [-0.3, -0.25) is 0 Å². The minimum absolute atomic E-state index is 0.274. The first-order valence-corrected chi connectivity index (χ1v) is 10.0. The fourth-order valence-electron chi connectivity index (χ4n) is 3.08. The topological polar surface area (TPSA) is 47.9 Å². The van der Waals surface area contributed by atoms with Crippen LogP contribution in [0.2, 0.25) is 5.02 Å². The molecule has 1 aliphatic rings. The zero-order chi connectivity index (χ0) is 19.2. The molecule has 0 heterocycles. The first-order valence-electron chi connectivity index (χ1n) is 9.66. The highest BCUT2D eigenvalue weighted by Gasteiger charge is 2.26. The Morgan fingerprint density at radius 1 is 1.26 bits per heavy atom. The van der Waals surface area contributed by atoms with E-state index < -0.39 is 0 Å². The number of aliphatic imine (C=N–C) groups is 1. The quantitative estimate of drug-likeness (QED) is 0.378. The standard InChI is InChI=1S/C22H28ClN3O/c1-3-12-26(15-17-8-9-17)22(24-14-18-6-4-5-7-20(18)23)25-21-11-10-19(27)13-16(21)2/h4-7,10-11,13,17,27H,3,8-9,12,14-15H2,1-2H3,(H,24,25). The minimum atomic E-state index is 0.274. The fourth-order valence-corrected chi connectivity index (χ4v) is 3.27. The molecule has 5 heteroatoms. The monoisotopic (exact) mass is 385 g/mol. The summed E-state index contributed by atoms with van der Waals surface area (Å²) in [7, 11) is 0. The van der Waals surface area contributed by atoms with Crippen LogP contribution in [-0.4, -0.2) is 29.1 Å². The number of rotatable bonds is 7. The van der Waals surface area contributed by atoms with Crippen LogP contribution < -0.4 is 5.32 Å². The van der Waals surface area contributed by atoms with Gasteiger partial charge in [0.2, 0.25) is 0 Å². The van der Waals surface area contributed by atoms with Crippen molar-refractivity contribution in [1.82, 2.24) is 4.90 Å². The molecule has 27 heavy (non-hydrogen) atoms. The molecule has 4 nitrogen and oxygen atoms in total. The summed E-state index contributed by atoms with van der Waals surface area (Å²) in [6.45, 7) is 6.70. The van der Waals surface area contributed by atoms with Crippen molar-refractivity contribution in [3.8, 4) is 5.75 Å². The number of anilines is 1. The highest BCUT2D eigenvalue weighted by atomic mass is 35.5. The summed E-state index contributed by atoms with van der Waals surface area (Å²) in [4.78, 5) is 7.25. The molecule has 2 aromatic rings. The molecule has 0 unspecified atom stereocenters. The van der Waals surface area contributed by atoms with E-state index in [9.17, 15) is 5.11 Å². The largest absolute Gasteiger partial charge is 0.508 e. The van der Waals surface area contributed by atoms with E-state index in [1.54, 1.807) is 12.1 Å². The van der Waals surface area contributed by atoms with Crippen molar-refractivity contribution in [2.45, 2.75) is 39.7 Å². The van der Waals surface area contributed by atoms with Crippen LogP contribution in [0.4, 0.5) is 5.69 Å². The third-order valence-electron chi connectivity index (χ3n) is 4.78. The Kier molecular flexibility index (Phi) is 6.62. The molecule has 1 aliphatic carbocycles. The second kappa shape index (κ2) is 9.14. The maximum Gasteiger partial charge on any atom is 0.198 e. The first-order chi connectivity index (χ1) is 13.1. The molecule has 2 N–H and O–H groups in total. The average Bonchev–Trinajstić information content (AvgIpc) is 3.45. The zero-order valence-electron chi connectivity index (χ0n) is 16.1. The molecule has 2 aromatic carbocycles. The van der Waals surface area contributed by atoms with Crippen LogP contribution in [0.5, 0.6) is 5.75 Å². The Bertz CT molecular complexity index is 802. The number of nitrogens with one attached hydrogen (secondary N) is 1. The fraction of sp³-hybridized carbons (Fsp3) is 0.409. The van der Waals surface area contributed by atoms with E-state index in [4.69, 9.17) is 16.6 Å². The molecule has 0 bridgehead atoms. The molecule has 0 aliphatic heterocycles. The molecule has 0 radical (unpaired) electrons. The van der Waals surface area contributed by atoms with Crippen molar-refractivity contribution in [3.63, 3.8) is 0 Å². The van der Waals surface area contributed by atoms with Gasteiger partial charge in [-0.1, -0.05) is 36.7 Å². The lowest BCUT2D eigenvalue weighted by Crippen LogP contribution is -2.38. The van der Waals surface area contributed by atoms with Gasteiger partial charge >= 0.3 is 0 Å². The van der Waals surface area contributed by atoms with Gasteiger partial charge < -0.3 is 15.3 Å². The number of hydrogen-bond acceptors (Lipinski definition) is 2. The lowest BCUT2D eigenvalue weighted by molar-refractivity contribution is 0.396. The van der Waals surface area contributed by atoms with E-state index in [1.807, 2.05) is 37.3 Å². The van der Waals surface area contributed by atoms with Gasteiger partial charge in [0.1, 0.15) is 5.75 Å². The van der Waals surface area contributed by atoms with Crippen molar-refractivity contribution in [3.05, 3.63) is 58.6 Å². The number of hydrogen-bond donors (Lipinski definition) is 2. The molecule has 0 spiro atoms. The number of benzene rings is 2. The van der Waals surface area contributed by atoms with Gasteiger partial charge in [0, 0.05) is 23.8 Å². The molecule has 0 saturated heterocycles. The van der Waals surface area contributed by atoms with Gasteiger partial charge in [-0.05, 0) is 67.5 Å². The molecule has 0 atom stereocenters. The molecule has 144 valence electrons. The molecule has 3 rings (SSSR count). The summed E-state index contributed by atoms with van der Waals surface area (Å²) >= 11 is 6.31. The van der Waals surface area contributed by atoms with E-state index in [2.05, 4.69) is 17.1 Å². The predicted octanol–water partition coefficient (Wildman–Crippen LogP) is 5.44. The number of halogens is 1. The predicted molar refractivity (Wildman–Crippen MR) is 114 cm³/mol. The summed E-state index contributed by atoms with van der Waals surface area (Å²) in [5.74, 6) is 1.92. The van der Waals surface area contributed by atoms with Crippen LogP contribution in [0.1, 0.15) is 37.3 Å². The summed E-state index contributed by atoms with van der Waals surface area (Å²) in [5, 5.41) is 13.9. The van der Waals surface area contributed by atoms with E-state index in [-0.39, 0.29) is 5.75 Å². The zero-order valence-corrected chi connectivity index (χ0v) is 16.8. The Morgan fingerprint density at radius 2 is 2.04 bits per heavy atom. The Labute approximate surface area is 166 Å². The summed E-state index contributed by atoms with van der Waals surface area (Å²) in [6, 6.07) is 13.2. The van der Waals surface area contributed by atoms with Crippen molar-refractivity contribution in [2.75, 3.05) is 18.4 Å². The van der Waals surface area contributed by atoms with E-state index in [0.717, 1.165) is 53.2 Å². The second-order valence-corrected chi connectivity index (χ2v) is 7.65. The van der Waals surface area contributed by atoms with E-state index in [1.165, 1.54) is 12.8 Å². The highest BCUT2D eigenvalue weighted by Crippen LogP contribution is 2.30. The number of phenols is 1. The van der Waals surface area contributed by atoms with Crippen LogP contribution in [-0.2, 0) is 6.54 Å². The van der Waals surface area contributed by atoms with Crippen LogP contribution in [0, 0.1) is 12.8 Å². The number of aryl methyl sites for hydroxylation is 1. The van der Waals surface area contributed by atoms with Crippen molar-refractivity contribution < 1.29 is 5.11 Å². The van der Waals surface area contributed by atoms with Crippen LogP contribution >= 0.6 is 11.6 Å². The molecule has 1 saturated carbocycles. The lowest BCUT2D eigenvalue weighted by atomic mass is 10.2. The van der Waals surface area contributed by atoms with Gasteiger partial charge in [-0.25, -0.2) is 4.99 Å². The SMILES string of the molecule is CCCN(CC1CC1)C(=NCc1ccccc1Cl)Nc1ccc(O)cc1C. The summed E-state index contributed by atoms with van der Waals surface area (Å²) in [5.41, 5.74) is 2.97. The third-order valence-corrected chi connectivity index (χ3v) is 5.15. The van der Waals surface area contributed by atoms with Crippen molar-refractivity contribution in [1.29, 1.82) is 0 Å². The summed E-state index contributed by atoms with van der Waals surface area (Å²) < 4.78 is 0. The van der Waals surface area contributed by atoms with Crippen molar-refractivity contribution >= 4 is 23.2 Å². The number of phenolic OH excluding ortho intramolecular Hbond substituents is 1. The molecular formula is C22H28ClN3O. The van der Waals surface area contributed by atoms with E-state index in [0.29, 0.717) is 6.54 Å². The van der Waals surface area contributed by atoms with Crippen LogP contribution in [0.3, 0.4) is 0 Å². The van der Waals surface area contributed by atoms with Gasteiger partial charge in [0.15, 0.2) is 5.96 Å². The lowest BCUT2D eigenvalue weighted by Gasteiger charge is -2.27. The number of guanidine groups is 1. The normalized spacial score (nSPS) is 14.3. The average molecular weight is 386 g/mol. The summed E-state index contributed by atoms with van der Waals surface area (Å²) in [6.07, 6.45) is 3.67. The molecule has 1 fully saturated rings. The number of nitrogens with zero attached hydrogens (tertiary/aromatic N) is 2. The maximum atomic E-state index is 9.69. The molecule has 0 amide bonds. The smallest absolute Gasteiger partial charge is 0.198 e. The highest BCUT2D eigenvalue weighted by molar-refractivity contribution is 6.31. The third kappa shape index (κ3) is 5.64. The van der Waals surface area contributed by atoms with Crippen LogP contribution in [0.15, 0.2) is 47.5 Å². The second-order valence-electron chi connectivity index (χ2n) is 7.24. The Hall–Kier alpha value is -2.20. The molecular weight excluding hydrogens is 358 g/mol. The van der Waals surface area contributed by atoms with Gasteiger partial charge in [-0.2, -0.15) is 0 Å². The Balaban J connectivity index is 1.86. The first kappa shape index (κ1) is 19.6. The van der Waals surface area contributed by atoms with E-state index >= 15 is 0 Å². The minimum Gasteiger partial charge on any atom is -0.508 e. The Morgan fingerprint density at radius 3 is 2.70 bits per heavy atom. The maximum absolute atomic E-state index is 9.69. The van der Waals surface area contributed by atoms with Crippen LogP contribution in [0.25, 0.3) is 0 Å². The van der Waals surface area contributed by atoms with Gasteiger partial charge in [0.25, 0.3) is 0 Å². The number of aromatic hydroxyl groups is 1. The van der Waals surface area contributed by atoms with Crippen molar-refractivity contribution in [2.24, 2.45) is 10.9 Å². The van der Waals surface area contributed by atoms with Gasteiger partial charge in [0.05, 0.1) is 6.54 Å².